The Hall–Kier alpha value is -0.598. The number of nitriles is 1. The molecule has 2 nitrogen and oxygen atoms in total. The molecule has 0 aliphatic rings. The minimum Gasteiger partial charge on any atom is -0.344 e. The van der Waals surface area contributed by atoms with E-state index in [4.69, 9.17) is 0 Å². The number of nitrogens with zero attached hydrogens (tertiary/aromatic N) is 2. The van der Waals surface area contributed by atoms with E-state index < -0.39 is 0 Å². The van der Waals surface area contributed by atoms with Gasteiger partial charge in [0.1, 0.15) is 5.82 Å². The van der Waals surface area contributed by atoms with E-state index >= 15 is 0 Å². The smallest absolute Gasteiger partial charge is 0.123 e. The number of aromatic nitrogens is 1. The summed E-state index contributed by atoms with van der Waals surface area (Å²) in [6.07, 6.45) is 2.81. The van der Waals surface area contributed by atoms with Crippen molar-refractivity contribution in [3.05, 3.63) is 69.2 Å². The number of pyridine rings is 1. The number of halogens is 2. The summed E-state index contributed by atoms with van der Waals surface area (Å²) >= 11 is 3.73. The molecule has 1 aromatic heterocycles. The van der Waals surface area contributed by atoms with Crippen LogP contribution in [0, 0.1) is 58.0 Å². The Morgan fingerprint density at radius 3 is 2.78 bits per heavy atom. The summed E-state index contributed by atoms with van der Waals surface area (Å²) in [7, 11) is 0. The zero-order valence-corrected chi connectivity index (χ0v) is 18.9. The van der Waals surface area contributed by atoms with Crippen LogP contribution in [0.1, 0.15) is 11.1 Å². The van der Waals surface area contributed by atoms with Crippen molar-refractivity contribution < 1.29 is 35.5 Å². The van der Waals surface area contributed by atoms with Gasteiger partial charge in [0.25, 0.3) is 0 Å². The SMILES string of the molecule is N#Cc1[c-]nc(SCc2cccc(F)c2)c2cccc(I)c12.[U]. The molecule has 23 heavy (non-hydrogen) atoms. The standard InChI is InChI=1S/C17H9FIN2S.U/c18-13-4-1-3-11(7-13)10-22-17-14-5-2-6-15(19)16(14)12(8-20)9-21-17;/h1-7H,10H2;/q-1;. The fourth-order valence-corrected chi connectivity index (χ4v) is 3.84. The Kier molecular flexibility index (Phi) is 6.91. The number of hydrogen-bond donors (Lipinski definition) is 0. The van der Waals surface area contributed by atoms with Crippen LogP contribution in [-0.4, -0.2) is 4.98 Å². The van der Waals surface area contributed by atoms with Crippen molar-refractivity contribution in [1.82, 2.24) is 4.98 Å². The maximum absolute atomic E-state index is 13.2. The van der Waals surface area contributed by atoms with Crippen LogP contribution in [0.2, 0.25) is 0 Å². The van der Waals surface area contributed by atoms with Gasteiger partial charge in [-0.1, -0.05) is 69.3 Å². The molecule has 1 heterocycles. The van der Waals surface area contributed by atoms with Crippen molar-refractivity contribution in [2.45, 2.75) is 10.8 Å². The summed E-state index contributed by atoms with van der Waals surface area (Å²) in [5.74, 6) is 0.377. The van der Waals surface area contributed by atoms with Crippen LogP contribution in [-0.2, 0) is 5.75 Å². The fourth-order valence-electron chi connectivity index (χ4n) is 2.15. The number of thioether (sulfide) groups is 1. The van der Waals surface area contributed by atoms with E-state index in [9.17, 15) is 9.65 Å². The van der Waals surface area contributed by atoms with Crippen LogP contribution in [0.4, 0.5) is 4.39 Å². The van der Waals surface area contributed by atoms with Crippen molar-refractivity contribution in [3.63, 3.8) is 0 Å². The summed E-state index contributed by atoms with van der Waals surface area (Å²) in [6.45, 7) is 0. The second-order valence-corrected chi connectivity index (χ2v) is 6.72. The Morgan fingerprint density at radius 1 is 1.26 bits per heavy atom. The molecule has 0 atom stereocenters. The van der Waals surface area contributed by atoms with E-state index in [2.05, 4.69) is 39.8 Å². The van der Waals surface area contributed by atoms with Gasteiger partial charge in [-0.15, -0.1) is 0 Å². The molecule has 0 unspecified atom stereocenters. The first-order chi connectivity index (χ1) is 10.7. The van der Waals surface area contributed by atoms with Gasteiger partial charge in [-0.2, -0.15) is 11.8 Å². The van der Waals surface area contributed by atoms with Crippen molar-refractivity contribution in [3.8, 4) is 6.07 Å². The molecule has 0 saturated heterocycles. The molecule has 0 bridgehead atoms. The molecule has 0 spiro atoms. The summed E-state index contributed by atoms with van der Waals surface area (Å²) in [4.78, 5) is 4.27. The van der Waals surface area contributed by atoms with Crippen molar-refractivity contribution in [2.24, 2.45) is 0 Å². The van der Waals surface area contributed by atoms with Crippen molar-refractivity contribution in [2.75, 3.05) is 0 Å². The number of rotatable bonds is 3. The molecule has 0 aliphatic carbocycles. The van der Waals surface area contributed by atoms with E-state index in [0.29, 0.717) is 11.3 Å². The Labute approximate surface area is 175 Å². The first-order valence-corrected chi connectivity index (χ1v) is 8.52. The normalized spacial score (nSPS) is 10.1. The second kappa shape index (κ2) is 8.49. The van der Waals surface area contributed by atoms with Crippen LogP contribution in [0.15, 0.2) is 47.5 Å². The summed E-state index contributed by atoms with van der Waals surface area (Å²) in [5.41, 5.74) is 1.35. The van der Waals surface area contributed by atoms with Crippen LogP contribution < -0.4 is 0 Å². The minimum atomic E-state index is -0.239. The largest absolute Gasteiger partial charge is 0.344 e. The predicted octanol–water partition coefficient (Wildman–Crippen LogP) is 4.94. The third-order valence-electron chi connectivity index (χ3n) is 3.14. The molecule has 3 rings (SSSR count). The molecule has 0 radical (unpaired) electrons. The second-order valence-electron chi connectivity index (χ2n) is 4.60. The Balaban J connectivity index is 0.00000192. The van der Waals surface area contributed by atoms with Gasteiger partial charge >= 0.3 is 0 Å². The molecule has 0 aliphatic heterocycles. The quantitative estimate of drug-likeness (QED) is 0.228. The van der Waals surface area contributed by atoms with Gasteiger partial charge in [0.05, 0.1) is 0 Å². The number of hydrogen-bond acceptors (Lipinski definition) is 3. The molecule has 0 fully saturated rings. The monoisotopic (exact) mass is 657 g/mol. The summed E-state index contributed by atoms with van der Waals surface area (Å²) < 4.78 is 14.2. The van der Waals surface area contributed by atoms with Crippen LogP contribution in [0.3, 0.4) is 0 Å². The van der Waals surface area contributed by atoms with Gasteiger partial charge in [-0.3, -0.25) is 5.26 Å². The van der Waals surface area contributed by atoms with E-state index in [1.807, 2.05) is 24.3 Å². The van der Waals surface area contributed by atoms with Gasteiger partial charge in [0.15, 0.2) is 0 Å². The van der Waals surface area contributed by atoms with Gasteiger partial charge in [0, 0.05) is 41.9 Å². The molecule has 112 valence electrons. The average Bonchev–Trinajstić information content (AvgIpc) is 2.53. The van der Waals surface area contributed by atoms with Crippen LogP contribution in [0.5, 0.6) is 0 Å². The zero-order chi connectivity index (χ0) is 15.5. The van der Waals surface area contributed by atoms with E-state index in [1.165, 1.54) is 23.9 Å². The molecule has 3 aromatic rings. The van der Waals surface area contributed by atoms with Crippen molar-refractivity contribution in [1.29, 1.82) is 5.26 Å². The fraction of sp³-hybridized carbons (Fsp3) is 0.0588. The van der Waals surface area contributed by atoms with Gasteiger partial charge in [-0.05, 0) is 33.5 Å². The maximum atomic E-state index is 13.2. The average molecular weight is 657 g/mol. The molecule has 0 saturated carbocycles. The Morgan fingerprint density at radius 2 is 2.04 bits per heavy atom. The molecule has 0 amide bonds. The van der Waals surface area contributed by atoms with Gasteiger partial charge in [0.2, 0.25) is 0 Å². The first kappa shape index (κ1) is 18.7. The van der Waals surface area contributed by atoms with E-state index in [1.54, 1.807) is 6.07 Å². The van der Waals surface area contributed by atoms with Gasteiger partial charge in [-0.25, -0.2) is 4.39 Å². The summed E-state index contributed by atoms with van der Waals surface area (Å²) in [5, 5.41) is 11.8. The maximum Gasteiger partial charge on any atom is 0.123 e. The van der Waals surface area contributed by atoms with Crippen LogP contribution in [0.25, 0.3) is 10.8 Å². The van der Waals surface area contributed by atoms with Crippen molar-refractivity contribution >= 4 is 45.1 Å². The predicted molar refractivity (Wildman–Crippen MR) is 94.0 cm³/mol. The first-order valence-electron chi connectivity index (χ1n) is 6.46. The summed E-state index contributed by atoms with van der Waals surface area (Å²) in [6, 6.07) is 14.5. The van der Waals surface area contributed by atoms with E-state index in [-0.39, 0.29) is 36.9 Å². The Bertz CT molecular complexity index is 895. The number of benzene rings is 2. The van der Waals surface area contributed by atoms with Gasteiger partial charge < -0.3 is 4.98 Å². The molecule has 6 heteroatoms. The topological polar surface area (TPSA) is 36.7 Å². The van der Waals surface area contributed by atoms with Crippen LogP contribution >= 0.6 is 34.4 Å². The zero-order valence-electron chi connectivity index (χ0n) is 11.8. The molecule has 0 N–H and O–H groups in total. The molecule has 2 aromatic carbocycles. The minimum absolute atomic E-state index is 0. The third kappa shape index (κ3) is 4.28. The third-order valence-corrected chi connectivity index (χ3v) is 5.10. The number of fused-ring (bicyclic) bond motifs is 1. The molecular formula is C17H9FIN2SU-. The molecular weight excluding hydrogens is 648 g/mol. The van der Waals surface area contributed by atoms with E-state index in [0.717, 1.165) is 24.9 Å².